The lowest BCUT2D eigenvalue weighted by molar-refractivity contribution is 0.0512. The molecular weight excluding hydrogens is 364 g/mol. The van der Waals surface area contributed by atoms with E-state index in [1.165, 1.54) is 13.2 Å². The third-order valence-corrected chi connectivity index (χ3v) is 3.82. The lowest BCUT2D eigenvalue weighted by Gasteiger charge is -2.08. The van der Waals surface area contributed by atoms with Crippen LogP contribution in [0, 0.1) is 0 Å². The summed E-state index contributed by atoms with van der Waals surface area (Å²) in [6.07, 6.45) is 0. The summed E-state index contributed by atoms with van der Waals surface area (Å²) in [5, 5.41) is 10.4. The normalized spacial score (nSPS) is 10.9. The number of fused-ring (bicyclic) bond motifs is 1. The van der Waals surface area contributed by atoms with E-state index in [-0.39, 0.29) is 17.9 Å². The first-order valence-electron chi connectivity index (χ1n) is 6.77. The molecule has 118 valence electrons. The first-order chi connectivity index (χ1) is 11.1. The molecule has 0 bridgehead atoms. The van der Waals surface area contributed by atoms with Gasteiger partial charge in [0.05, 0.1) is 5.39 Å². The topological polar surface area (TPSA) is 68.9 Å². The summed E-state index contributed by atoms with van der Waals surface area (Å²) < 4.78 is 16.7. The minimum Gasteiger partial charge on any atom is -0.502 e. The van der Waals surface area contributed by atoms with Crippen LogP contribution in [0.1, 0.15) is 0 Å². The van der Waals surface area contributed by atoms with E-state index < -0.39 is 11.2 Å². The SMILES string of the molecule is COCOc1ccc2oc(-c3ccc(Br)cc3)c(O)c(=O)c2c1. The molecule has 5 nitrogen and oxygen atoms in total. The minimum atomic E-state index is -0.507. The van der Waals surface area contributed by atoms with Crippen LogP contribution in [0.5, 0.6) is 11.5 Å². The molecule has 0 amide bonds. The fraction of sp³-hybridized carbons (Fsp3) is 0.118. The summed E-state index contributed by atoms with van der Waals surface area (Å²) in [6, 6.07) is 11.9. The van der Waals surface area contributed by atoms with E-state index in [1.807, 2.05) is 0 Å². The van der Waals surface area contributed by atoms with Gasteiger partial charge in [-0.05, 0) is 42.5 Å². The highest BCUT2D eigenvalue weighted by atomic mass is 79.9. The molecule has 1 heterocycles. The number of aromatic hydroxyl groups is 1. The summed E-state index contributed by atoms with van der Waals surface area (Å²) in [4.78, 5) is 12.4. The summed E-state index contributed by atoms with van der Waals surface area (Å²) in [5.74, 6) is 0.173. The van der Waals surface area contributed by atoms with Crippen molar-refractivity contribution in [2.45, 2.75) is 0 Å². The largest absolute Gasteiger partial charge is 0.502 e. The molecule has 23 heavy (non-hydrogen) atoms. The van der Waals surface area contributed by atoms with E-state index >= 15 is 0 Å². The molecule has 0 aliphatic rings. The zero-order valence-electron chi connectivity index (χ0n) is 12.2. The second-order valence-corrected chi connectivity index (χ2v) is 5.74. The molecule has 3 aromatic rings. The number of ether oxygens (including phenoxy) is 2. The molecule has 0 aliphatic heterocycles. The van der Waals surface area contributed by atoms with Crippen molar-refractivity contribution in [3.63, 3.8) is 0 Å². The van der Waals surface area contributed by atoms with Gasteiger partial charge in [0.1, 0.15) is 11.3 Å². The predicted octanol–water partition coefficient (Wildman–Crippen LogP) is 3.91. The van der Waals surface area contributed by atoms with Gasteiger partial charge in [-0.3, -0.25) is 4.79 Å². The van der Waals surface area contributed by atoms with Gasteiger partial charge >= 0.3 is 0 Å². The number of benzene rings is 2. The summed E-state index contributed by atoms with van der Waals surface area (Å²) in [7, 11) is 1.51. The van der Waals surface area contributed by atoms with Crippen LogP contribution < -0.4 is 10.2 Å². The van der Waals surface area contributed by atoms with E-state index in [2.05, 4.69) is 15.9 Å². The molecule has 3 rings (SSSR count). The Morgan fingerprint density at radius 3 is 2.61 bits per heavy atom. The van der Waals surface area contributed by atoms with Crippen LogP contribution in [0.25, 0.3) is 22.3 Å². The van der Waals surface area contributed by atoms with Crippen LogP contribution in [-0.2, 0) is 4.74 Å². The zero-order chi connectivity index (χ0) is 16.4. The molecule has 2 aromatic carbocycles. The molecule has 6 heteroatoms. The van der Waals surface area contributed by atoms with Crippen molar-refractivity contribution in [2.75, 3.05) is 13.9 Å². The summed E-state index contributed by atoms with van der Waals surface area (Å²) in [6.45, 7) is 0.0692. The molecule has 0 unspecified atom stereocenters. The monoisotopic (exact) mass is 376 g/mol. The Hall–Kier alpha value is -2.31. The standard InChI is InChI=1S/C17H13BrO5/c1-21-9-22-12-6-7-14-13(8-12)15(19)16(20)17(23-14)10-2-4-11(18)5-3-10/h2-8,20H,9H2,1H3. The second kappa shape index (κ2) is 6.44. The lowest BCUT2D eigenvalue weighted by atomic mass is 10.1. The number of methoxy groups -OCH3 is 1. The zero-order valence-corrected chi connectivity index (χ0v) is 13.8. The molecule has 1 aromatic heterocycles. The Morgan fingerprint density at radius 1 is 1.17 bits per heavy atom. The van der Waals surface area contributed by atoms with Crippen LogP contribution in [-0.4, -0.2) is 19.0 Å². The van der Waals surface area contributed by atoms with Gasteiger partial charge in [-0.1, -0.05) is 15.9 Å². The van der Waals surface area contributed by atoms with Gasteiger partial charge in [0.15, 0.2) is 12.6 Å². The fourth-order valence-corrected chi connectivity index (χ4v) is 2.44. The average Bonchev–Trinajstić information content (AvgIpc) is 2.57. The number of hydrogen-bond donors (Lipinski definition) is 1. The molecule has 0 saturated heterocycles. The van der Waals surface area contributed by atoms with E-state index in [4.69, 9.17) is 13.9 Å². The molecule has 0 fully saturated rings. The molecule has 0 aliphatic carbocycles. The van der Waals surface area contributed by atoms with E-state index in [0.717, 1.165) is 4.47 Å². The third kappa shape index (κ3) is 3.09. The van der Waals surface area contributed by atoms with Crippen LogP contribution in [0.3, 0.4) is 0 Å². The summed E-state index contributed by atoms with van der Waals surface area (Å²) in [5.41, 5.74) is 0.479. The van der Waals surface area contributed by atoms with Crippen molar-refractivity contribution in [3.05, 3.63) is 57.2 Å². The van der Waals surface area contributed by atoms with Crippen molar-refractivity contribution in [3.8, 4) is 22.8 Å². The Labute approximate surface area is 140 Å². The molecule has 1 N–H and O–H groups in total. The first-order valence-corrected chi connectivity index (χ1v) is 7.57. The number of halogens is 1. The first kappa shape index (κ1) is 15.6. The molecule has 0 radical (unpaired) electrons. The van der Waals surface area contributed by atoms with Crippen molar-refractivity contribution in [1.82, 2.24) is 0 Å². The van der Waals surface area contributed by atoms with Crippen molar-refractivity contribution >= 4 is 26.9 Å². The molecule has 0 spiro atoms. The lowest BCUT2D eigenvalue weighted by Crippen LogP contribution is -2.04. The van der Waals surface area contributed by atoms with Crippen molar-refractivity contribution in [1.29, 1.82) is 0 Å². The minimum absolute atomic E-state index is 0.0692. The Morgan fingerprint density at radius 2 is 1.91 bits per heavy atom. The van der Waals surface area contributed by atoms with Crippen LogP contribution >= 0.6 is 15.9 Å². The summed E-state index contributed by atoms with van der Waals surface area (Å²) >= 11 is 3.34. The van der Waals surface area contributed by atoms with Gasteiger partial charge in [-0.25, -0.2) is 0 Å². The van der Waals surface area contributed by atoms with Gasteiger partial charge in [0.25, 0.3) is 0 Å². The van der Waals surface area contributed by atoms with E-state index in [0.29, 0.717) is 16.9 Å². The van der Waals surface area contributed by atoms with Gasteiger partial charge in [-0.2, -0.15) is 0 Å². The van der Waals surface area contributed by atoms with E-state index in [1.54, 1.807) is 36.4 Å². The second-order valence-electron chi connectivity index (χ2n) is 4.82. The molecule has 0 atom stereocenters. The third-order valence-electron chi connectivity index (χ3n) is 3.29. The quantitative estimate of drug-likeness (QED) is 0.699. The van der Waals surface area contributed by atoms with E-state index in [9.17, 15) is 9.90 Å². The molecule has 0 saturated carbocycles. The van der Waals surface area contributed by atoms with Crippen molar-refractivity contribution in [2.24, 2.45) is 0 Å². The van der Waals surface area contributed by atoms with Crippen molar-refractivity contribution < 1.29 is 19.0 Å². The van der Waals surface area contributed by atoms with Gasteiger partial charge in [0, 0.05) is 17.1 Å². The Bertz CT molecular complexity index is 899. The maximum absolute atomic E-state index is 12.4. The smallest absolute Gasteiger partial charge is 0.235 e. The molecular formula is C17H13BrO5. The predicted molar refractivity (Wildman–Crippen MR) is 89.8 cm³/mol. The van der Waals surface area contributed by atoms with Crippen LogP contribution in [0.4, 0.5) is 0 Å². The highest BCUT2D eigenvalue weighted by molar-refractivity contribution is 9.10. The van der Waals surface area contributed by atoms with Gasteiger partial charge in [-0.15, -0.1) is 0 Å². The average molecular weight is 377 g/mol. The highest BCUT2D eigenvalue weighted by Gasteiger charge is 2.15. The highest BCUT2D eigenvalue weighted by Crippen LogP contribution is 2.31. The number of rotatable bonds is 4. The number of hydrogen-bond acceptors (Lipinski definition) is 5. The van der Waals surface area contributed by atoms with Crippen LogP contribution in [0.2, 0.25) is 0 Å². The Kier molecular flexibility index (Phi) is 4.36. The fourth-order valence-electron chi connectivity index (χ4n) is 2.18. The Balaban J connectivity index is 2.14. The maximum Gasteiger partial charge on any atom is 0.235 e. The van der Waals surface area contributed by atoms with Crippen LogP contribution in [0.15, 0.2) is 56.1 Å². The van der Waals surface area contributed by atoms with Gasteiger partial charge < -0.3 is 19.0 Å². The van der Waals surface area contributed by atoms with Gasteiger partial charge in [0.2, 0.25) is 11.2 Å². The maximum atomic E-state index is 12.4.